The summed E-state index contributed by atoms with van der Waals surface area (Å²) in [6.45, 7) is -3.21. The molecule has 2 aromatic rings. The number of methoxy groups -OCH3 is 2. The molecule has 27 heavy (non-hydrogen) atoms. The number of benzene rings is 2. The van der Waals surface area contributed by atoms with Gasteiger partial charge < -0.3 is 18.9 Å². The lowest BCUT2D eigenvalue weighted by atomic mass is 10.2. The molecule has 0 aliphatic heterocycles. The first kappa shape index (κ1) is 19.9. The van der Waals surface area contributed by atoms with E-state index in [1.807, 2.05) is 0 Å². The van der Waals surface area contributed by atoms with Crippen LogP contribution in [0.2, 0.25) is 0 Å². The summed E-state index contributed by atoms with van der Waals surface area (Å²) in [5, 5.41) is 11.0. The molecule has 0 aliphatic carbocycles. The zero-order valence-corrected chi connectivity index (χ0v) is 14.3. The molecule has 0 spiro atoms. The summed E-state index contributed by atoms with van der Waals surface area (Å²) in [6.07, 6.45) is 0. The van der Waals surface area contributed by atoms with Crippen molar-refractivity contribution in [1.29, 1.82) is 0 Å². The van der Waals surface area contributed by atoms with Gasteiger partial charge in [-0.3, -0.25) is 10.1 Å². The van der Waals surface area contributed by atoms with Crippen molar-refractivity contribution in [2.24, 2.45) is 0 Å². The molecular formula is C17H15F2NO7. The summed E-state index contributed by atoms with van der Waals surface area (Å²) < 4.78 is 43.9. The molecule has 0 amide bonds. The van der Waals surface area contributed by atoms with Crippen LogP contribution in [0, 0.1) is 10.1 Å². The lowest BCUT2D eigenvalue weighted by Crippen LogP contribution is -2.07. The van der Waals surface area contributed by atoms with Crippen LogP contribution in [0.15, 0.2) is 36.4 Å². The highest BCUT2D eigenvalue weighted by molar-refractivity contribution is 5.90. The molecule has 0 heterocycles. The number of nitro benzene ring substituents is 1. The van der Waals surface area contributed by atoms with E-state index in [2.05, 4.69) is 4.74 Å². The van der Waals surface area contributed by atoms with E-state index < -0.39 is 17.5 Å². The maximum absolute atomic E-state index is 12.3. The second-order valence-electron chi connectivity index (χ2n) is 5.08. The van der Waals surface area contributed by atoms with E-state index in [0.29, 0.717) is 5.56 Å². The predicted octanol–water partition coefficient (Wildman–Crippen LogP) is 3.57. The molecule has 0 radical (unpaired) electrons. The fraction of sp³-hybridized carbons (Fsp3) is 0.235. The first-order valence-electron chi connectivity index (χ1n) is 7.47. The summed E-state index contributed by atoms with van der Waals surface area (Å²) in [7, 11) is 2.55. The van der Waals surface area contributed by atoms with Crippen molar-refractivity contribution in [3.8, 4) is 17.2 Å². The molecule has 0 N–H and O–H groups in total. The minimum atomic E-state index is -3.01. The Labute approximate surface area is 152 Å². The lowest BCUT2D eigenvalue weighted by molar-refractivity contribution is -0.385. The number of halogens is 2. The van der Waals surface area contributed by atoms with Gasteiger partial charge in [-0.2, -0.15) is 8.78 Å². The maximum Gasteiger partial charge on any atom is 0.387 e. The minimum absolute atomic E-state index is 0.0101. The standard InChI is InChI=1S/C17H15F2NO7/c1-24-13-6-4-11(8-12(13)20(22)23)16(21)26-9-10-3-5-14(27-17(18)19)15(7-10)25-2/h3-8,17H,9H2,1-2H3. The van der Waals surface area contributed by atoms with Crippen molar-refractivity contribution in [3.63, 3.8) is 0 Å². The monoisotopic (exact) mass is 383 g/mol. The predicted molar refractivity (Wildman–Crippen MR) is 88.4 cm³/mol. The van der Waals surface area contributed by atoms with Crippen LogP contribution in [-0.2, 0) is 11.3 Å². The second kappa shape index (κ2) is 8.79. The van der Waals surface area contributed by atoms with Crippen molar-refractivity contribution < 1.29 is 37.4 Å². The molecule has 0 bridgehead atoms. The fourth-order valence-corrected chi connectivity index (χ4v) is 2.19. The Morgan fingerprint density at radius 2 is 1.74 bits per heavy atom. The zero-order chi connectivity index (χ0) is 20.0. The molecule has 10 heteroatoms. The Kier molecular flexibility index (Phi) is 6.47. The average Bonchev–Trinajstić information content (AvgIpc) is 2.65. The summed E-state index contributed by atoms with van der Waals surface area (Å²) in [5.41, 5.74) is 0.0408. The van der Waals surface area contributed by atoms with E-state index in [1.54, 1.807) is 0 Å². The Morgan fingerprint density at radius 3 is 2.33 bits per heavy atom. The van der Waals surface area contributed by atoms with Crippen LogP contribution < -0.4 is 14.2 Å². The maximum atomic E-state index is 12.3. The van der Waals surface area contributed by atoms with Gasteiger partial charge in [0, 0.05) is 6.07 Å². The molecule has 0 atom stereocenters. The molecule has 2 rings (SSSR count). The summed E-state index contributed by atoms with van der Waals surface area (Å²) in [5.74, 6) is -0.902. The first-order chi connectivity index (χ1) is 12.8. The number of carbonyl (C=O) groups is 1. The van der Waals surface area contributed by atoms with Crippen LogP contribution in [-0.4, -0.2) is 31.7 Å². The van der Waals surface area contributed by atoms with Crippen LogP contribution in [0.3, 0.4) is 0 Å². The zero-order valence-electron chi connectivity index (χ0n) is 14.3. The molecule has 0 saturated heterocycles. The summed E-state index contributed by atoms with van der Waals surface area (Å²) in [6, 6.07) is 7.71. The van der Waals surface area contributed by atoms with Gasteiger partial charge in [0.2, 0.25) is 0 Å². The SMILES string of the molecule is COc1cc(COC(=O)c2ccc(OC)c([N+](=O)[O-])c2)ccc1OC(F)F. The topological polar surface area (TPSA) is 97.1 Å². The van der Waals surface area contributed by atoms with Gasteiger partial charge in [-0.25, -0.2) is 4.79 Å². The number of esters is 1. The van der Waals surface area contributed by atoms with E-state index in [4.69, 9.17) is 14.2 Å². The van der Waals surface area contributed by atoms with E-state index in [9.17, 15) is 23.7 Å². The van der Waals surface area contributed by atoms with Crippen molar-refractivity contribution in [2.45, 2.75) is 13.2 Å². The minimum Gasteiger partial charge on any atom is -0.493 e. The van der Waals surface area contributed by atoms with Gasteiger partial charge in [0.1, 0.15) is 6.61 Å². The first-order valence-corrected chi connectivity index (χ1v) is 7.47. The third kappa shape index (κ3) is 5.03. The quantitative estimate of drug-likeness (QED) is 0.390. The number of hydrogen-bond acceptors (Lipinski definition) is 7. The third-order valence-electron chi connectivity index (χ3n) is 3.43. The Morgan fingerprint density at radius 1 is 1.07 bits per heavy atom. The van der Waals surface area contributed by atoms with Gasteiger partial charge in [0.05, 0.1) is 24.7 Å². The Hall–Kier alpha value is -3.43. The molecule has 0 unspecified atom stereocenters. The molecule has 0 aromatic heterocycles. The van der Waals surface area contributed by atoms with Crippen molar-refractivity contribution >= 4 is 11.7 Å². The highest BCUT2D eigenvalue weighted by Gasteiger charge is 2.19. The highest BCUT2D eigenvalue weighted by atomic mass is 19.3. The normalized spacial score (nSPS) is 10.4. The summed E-state index contributed by atoms with van der Waals surface area (Å²) in [4.78, 5) is 22.4. The lowest BCUT2D eigenvalue weighted by Gasteiger charge is -2.12. The second-order valence-corrected chi connectivity index (χ2v) is 5.08. The third-order valence-corrected chi connectivity index (χ3v) is 3.43. The molecule has 0 aliphatic rings. The Balaban J connectivity index is 2.11. The van der Waals surface area contributed by atoms with Crippen LogP contribution in [0.25, 0.3) is 0 Å². The van der Waals surface area contributed by atoms with Crippen LogP contribution >= 0.6 is 0 Å². The van der Waals surface area contributed by atoms with Crippen LogP contribution in [0.5, 0.6) is 17.2 Å². The van der Waals surface area contributed by atoms with Crippen LogP contribution in [0.4, 0.5) is 14.5 Å². The van der Waals surface area contributed by atoms with E-state index in [0.717, 1.165) is 6.07 Å². The average molecular weight is 383 g/mol. The van der Waals surface area contributed by atoms with Gasteiger partial charge in [0.25, 0.3) is 0 Å². The number of rotatable bonds is 8. The van der Waals surface area contributed by atoms with E-state index in [-0.39, 0.29) is 35.1 Å². The molecule has 2 aromatic carbocycles. The molecule has 0 saturated carbocycles. The fourth-order valence-electron chi connectivity index (χ4n) is 2.19. The number of nitrogens with zero attached hydrogens (tertiary/aromatic N) is 1. The van der Waals surface area contributed by atoms with Gasteiger partial charge in [0.15, 0.2) is 17.2 Å². The van der Waals surface area contributed by atoms with Gasteiger partial charge in [-0.05, 0) is 29.8 Å². The van der Waals surface area contributed by atoms with Crippen LogP contribution in [0.1, 0.15) is 15.9 Å². The van der Waals surface area contributed by atoms with Crippen molar-refractivity contribution in [2.75, 3.05) is 14.2 Å². The number of alkyl halides is 2. The Bertz CT molecular complexity index is 842. The van der Waals surface area contributed by atoms with Gasteiger partial charge in [-0.1, -0.05) is 6.07 Å². The summed E-state index contributed by atoms with van der Waals surface area (Å²) >= 11 is 0. The smallest absolute Gasteiger partial charge is 0.387 e. The number of ether oxygens (including phenoxy) is 4. The number of hydrogen-bond donors (Lipinski definition) is 0. The van der Waals surface area contributed by atoms with E-state index in [1.165, 1.54) is 44.6 Å². The molecule has 8 nitrogen and oxygen atoms in total. The largest absolute Gasteiger partial charge is 0.493 e. The number of carbonyl (C=O) groups excluding carboxylic acids is 1. The van der Waals surface area contributed by atoms with Gasteiger partial charge >= 0.3 is 18.3 Å². The van der Waals surface area contributed by atoms with E-state index >= 15 is 0 Å². The van der Waals surface area contributed by atoms with Crippen molar-refractivity contribution in [1.82, 2.24) is 0 Å². The highest BCUT2D eigenvalue weighted by Crippen LogP contribution is 2.30. The van der Waals surface area contributed by atoms with Crippen molar-refractivity contribution in [3.05, 3.63) is 57.6 Å². The molecule has 0 fully saturated rings. The van der Waals surface area contributed by atoms with Gasteiger partial charge in [-0.15, -0.1) is 0 Å². The molecule has 144 valence electrons. The molecular weight excluding hydrogens is 368 g/mol. The number of nitro groups is 1.